The summed E-state index contributed by atoms with van der Waals surface area (Å²) in [6.07, 6.45) is 1.20. The van der Waals surface area contributed by atoms with E-state index in [1.807, 2.05) is 25.5 Å². The van der Waals surface area contributed by atoms with Gasteiger partial charge in [0.25, 0.3) is 10.0 Å². The van der Waals surface area contributed by atoms with Crippen molar-refractivity contribution in [3.8, 4) is 0 Å². The van der Waals surface area contributed by atoms with Crippen molar-refractivity contribution < 1.29 is 22.7 Å². The van der Waals surface area contributed by atoms with Gasteiger partial charge in [-0.1, -0.05) is 20.8 Å². The van der Waals surface area contributed by atoms with Gasteiger partial charge in [-0.15, -0.1) is 22.7 Å². The van der Waals surface area contributed by atoms with Gasteiger partial charge in [-0.05, 0) is 30.9 Å². The molecule has 0 aliphatic heterocycles. The number of nitrogens with one attached hydrogen (secondary N) is 2. The zero-order valence-electron chi connectivity index (χ0n) is 17.0. The summed E-state index contributed by atoms with van der Waals surface area (Å²) in [5.74, 6) is -0.178. The van der Waals surface area contributed by atoms with Crippen molar-refractivity contribution in [2.24, 2.45) is 0 Å². The van der Waals surface area contributed by atoms with Gasteiger partial charge < -0.3 is 4.74 Å². The van der Waals surface area contributed by atoms with Crippen LogP contribution in [0.1, 0.15) is 54.6 Å². The Morgan fingerprint density at radius 3 is 2.48 bits per heavy atom. The number of rotatable bonds is 8. The fraction of sp³-hybridized carbons (Fsp3) is 0.500. The number of hydrogen-bond acceptors (Lipinski definition) is 8. The number of thiazole rings is 1. The maximum absolute atomic E-state index is 12.6. The number of anilines is 1. The number of nitrogens with zero attached hydrogens (tertiary/aromatic N) is 1. The van der Waals surface area contributed by atoms with Crippen LogP contribution in [0.5, 0.6) is 0 Å². The number of ether oxygens (including phenoxy) is 1. The molecule has 2 amide bonds. The Morgan fingerprint density at radius 1 is 1.24 bits per heavy atom. The van der Waals surface area contributed by atoms with Gasteiger partial charge >= 0.3 is 12.0 Å². The highest BCUT2D eigenvalue weighted by molar-refractivity contribution is 7.92. The third kappa shape index (κ3) is 6.25. The van der Waals surface area contributed by atoms with Crippen molar-refractivity contribution in [2.75, 3.05) is 11.9 Å². The maximum Gasteiger partial charge on any atom is 0.334 e. The summed E-state index contributed by atoms with van der Waals surface area (Å²) in [4.78, 5) is 29.3. The number of amides is 2. The van der Waals surface area contributed by atoms with E-state index in [2.05, 4.69) is 10.3 Å². The molecule has 2 N–H and O–H groups in total. The molecular formula is C18H25N3O5S3. The minimum atomic E-state index is -4.02. The number of hydrogen-bond donors (Lipinski definition) is 2. The van der Waals surface area contributed by atoms with E-state index < -0.39 is 16.1 Å². The second-order valence-electron chi connectivity index (χ2n) is 6.66. The van der Waals surface area contributed by atoms with E-state index in [0.29, 0.717) is 11.6 Å². The van der Waals surface area contributed by atoms with E-state index in [4.69, 9.17) is 4.74 Å². The molecule has 0 bridgehead atoms. The second kappa shape index (κ2) is 9.68. The van der Waals surface area contributed by atoms with E-state index in [1.165, 1.54) is 24.3 Å². The molecule has 8 nitrogen and oxygen atoms in total. The standard InChI is InChI=1S/C18H25N3O5S3/c1-6-13-16(10(2)3)19-18(28-13)20-17(23)21-29(24,25)15-9-11(4)14(27-15)7-8-26-12(5)22/h9-10H,6-8H2,1-5H3,(H2,19,20,21,23). The summed E-state index contributed by atoms with van der Waals surface area (Å²) in [6, 6.07) is 0.642. The molecule has 2 aromatic rings. The van der Waals surface area contributed by atoms with Gasteiger partial charge in [0.05, 0.1) is 12.3 Å². The molecule has 0 radical (unpaired) electrons. The summed E-state index contributed by atoms with van der Waals surface area (Å²) < 4.78 is 32.1. The molecule has 0 atom stereocenters. The minimum absolute atomic E-state index is 0.0271. The third-order valence-electron chi connectivity index (χ3n) is 3.94. The van der Waals surface area contributed by atoms with E-state index >= 15 is 0 Å². The molecule has 0 saturated heterocycles. The highest BCUT2D eigenvalue weighted by atomic mass is 32.2. The average molecular weight is 460 g/mol. The number of carbonyl (C=O) groups is 2. The number of aryl methyl sites for hydroxylation is 2. The lowest BCUT2D eigenvalue weighted by atomic mass is 10.1. The van der Waals surface area contributed by atoms with Crippen molar-refractivity contribution >= 4 is 49.8 Å². The minimum Gasteiger partial charge on any atom is -0.465 e. The van der Waals surface area contributed by atoms with Gasteiger partial charge in [0.2, 0.25) is 0 Å². The van der Waals surface area contributed by atoms with E-state index in [9.17, 15) is 18.0 Å². The summed E-state index contributed by atoms with van der Waals surface area (Å²) in [5, 5.41) is 2.87. The van der Waals surface area contributed by atoms with Crippen LogP contribution in [0.15, 0.2) is 10.3 Å². The molecule has 0 aliphatic rings. The molecule has 2 rings (SSSR count). The third-order valence-corrected chi connectivity index (χ3v) is 8.17. The zero-order valence-corrected chi connectivity index (χ0v) is 19.4. The normalized spacial score (nSPS) is 11.5. The lowest BCUT2D eigenvalue weighted by Crippen LogP contribution is -2.33. The molecule has 0 aliphatic carbocycles. The van der Waals surface area contributed by atoms with Gasteiger partial charge in [-0.25, -0.2) is 22.9 Å². The summed E-state index contributed by atoms with van der Waals surface area (Å²) in [7, 11) is -4.02. The number of aromatic nitrogens is 1. The van der Waals surface area contributed by atoms with Gasteiger partial charge in [-0.2, -0.15) is 0 Å². The Hall–Kier alpha value is -1.98. The molecule has 0 aromatic carbocycles. The lowest BCUT2D eigenvalue weighted by Gasteiger charge is -2.05. The monoisotopic (exact) mass is 459 g/mol. The molecule has 2 aromatic heterocycles. The SMILES string of the molecule is CCc1sc(NC(=O)NS(=O)(=O)c2cc(C)c(CCOC(C)=O)s2)nc1C(C)C. The van der Waals surface area contributed by atoms with Crippen molar-refractivity contribution in [3.63, 3.8) is 0 Å². The molecule has 11 heteroatoms. The van der Waals surface area contributed by atoms with Crippen LogP contribution in [0.3, 0.4) is 0 Å². The van der Waals surface area contributed by atoms with Crippen LogP contribution in [-0.2, 0) is 32.4 Å². The maximum atomic E-state index is 12.6. The molecule has 0 fully saturated rings. The highest BCUT2D eigenvalue weighted by Crippen LogP contribution is 2.29. The Bertz CT molecular complexity index is 993. The van der Waals surface area contributed by atoms with Gasteiger partial charge in [-0.3, -0.25) is 10.1 Å². The molecular weight excluding hydrogens is 434 g/mol. The van der Waals surface area contributed by atoms with Crippen molar-refractivity contribution in [2.45, 2.75) is 57.6 Å². The van der Waals surface area contributed by atoms with E-state index in [0.717, 1.165) is 38.8 Å². The predicted molar refractivity (Wildman–Crippen MR) is 114 cm³/mol. The van der Waals surface area contributed by atoms with Crippen LogP contribution in [-0.4, -0.2) is 32.0 Å². The van der Waals surface area contributed by atoms with E-state index in [1.54, 1.807) is 6.92 Å². The van der Waals surface area contributed by atoms with Gasteiger partial charge in [0, 0.05) is 23.1 Å². The Labute approximate surface area is 178 Å². The van der Waals surface area contributed by atoms with E-state index in [-0.39, 0.29) is 22.7 Å². The van der Waals surface area contributed by atoms with Crippen molar-refractivity contribution in [1.82, 2.24) is 9.71 Å². The van der Waals surface area contributed by atoms with Crippen LogP contribution in [0.25, 0.3) is 0 Å². The van der Waals surface area contributed by atoms with Gasteiger partial charge in [0.1, 0.15) is 4.21 Å². The van der Waals surface area contributed by atoms with Crippen LogP contribution < -0.4 is 10.0 Å². The summed E-state index contributed by atoms with van der Waals surface area (Å²) in [6.45, 7) is 9.29. The Balaban J connectivity index is 2.07. The number of thiophene rings is 1. The Kier molecular flexibility index (Phi) is 7.78. The molecule has 29 heavy (non-hydrogen) atoms. The first-order valence-corrected chi connectivity index (χ1v) is 12.2. The molecule has 0 unspecified atom stereocenters. The summed E-state index contributed by atoms with van der Waals surface area (Å²) in [5.41, 5.74) is 1.67. The number of esters is 1. The van der Waals surface area contributed by atoms with Crippen LogP contribution >= 0.6 is 22.7 Å². The average Bonchev–Trinajstić information content (AvgIpc) is 3.18. The van der Waals surface area contributed by atoms with Crippen molar-refractivity contribution in [3.05, 3.63) is 27.1 Å². The number of carbonyl (C=O) groups excluding carboxylic acids is 2. The fourth-order valence-corrected chi connectivity index (χ4v) is 6.10. The predicted octanol–water partition coefficient (Wildman–Crippen LogP) is 3.81. The molecule has 0 spiro atoms. The Morgan fingerprint density at radius 2 is 1.93 bits per heavy atom. The highest BCUT2D eigenvalue weighted by Gasteiger charge is 2.23. The smallest absolute Gasteiger partial charge is 0.334 e. The first-order valence-electron chi connectivity index (χ1n) is 9.09. The van der Waals surface area contributed by atoms with Gasteiger partial charge in [0.15, 0.2) is 5.13 Å². The zero-order chi connectivity index (χ0) is 21.8. The van der Waals surface area contributed by atoms with Crippen LogP contribution in [0, 0.1) is 6.92 Å². The number of sulfonamides is 1. The summed E-state index contributed by atoms with van der Waals surface area (Å²) >= 11 is 2.38. The fourth-order valence-electron chi connectivity index (χ4n) is 2.57. The second-order valence-corrected chi connectivity index (χ2v) is 10.8. The first-order chi connectivity index (χ1) is 13.5. The largest absolute Gasteiger partial charge is 0.465 e. The number of urea groups is 1. The lowest BCUT2D eigenvalue weighted by molar-refractivity contribution is -0.140. The quantitative estimate of drug-likeness (QED) is 0.580. The first kappa shape index (κ1) is 23.3. The molecule has 2 heterocycles. The molecule has 160 valence electrons. The van der Waals surface area contributed by atoms with Crippen LogP contribution in [0.2, 0.25) is 0 Å². The van der Waals surface area contributed by atoms with Crippen molar-refractivity contribution in [1.29, 1.82) is 0 Å². The van der Waals surface area contributed by atoms with Crippen LogP contribution in [0.4, 0.5) is 9.93 Å². The topological polar surface area (TPSA) is 114 Å². The molecule has 0 saturated carbocycles.